The van der Waals surface area contributed by atoms with Crippen molar-refractivity contribution in [2.45, 2.75) is 25.7 Å². The maximum Gasteiger partial charge on any atom is 0.335 e. The van der Waals surface area contributed by atoms with Crippen LogP contribution in [0.1, 0.15) is 36.0 Å². The molecule has 0 aliphatic heterocycles. The summed E-state index contributed by atoms with van der Waals surface area (Å²) in [6.07, 6.45) is 13.0. The zero-order valence-corrected chi connectivity index (χ0v) is 11.8. The summed E-state index contributed by atoms with van der Waals surface area (Å²) in [5.41, 5.74) is 0.122. The average Bonchev–Trinajstić information content (AvgIpc) is 2.48. The summed E-state index contributed by atoms with van der Waals surface area (Å²) >= 11 is 0. The summed E-state index contributed by atoms with van der Waals surface area (Å²) in [7, 11) is 0. The number of carboxylic acids is 1. The van der Waals surface area contributed by atoms with Crippen LogP contribution >= 0.6 is 0 Å². The van der Waals surface area contributed by atoms with Crippen molar-refractivity contribution in [2.24, 2.45) is 0 Å². The van der Waals surface area contributed by atoms with Gasteiger partial charge >= 0.3 is 5.97 Å². The lowest BCUT2D eigenvalue weighted by atomic mass is 10.2. The Labute approximate surface area is 125 Å². The van der Waals surface area contributed by atoms with Crippen molar-refractivity contribution in [2.75, 3.05) is 13.2 Å². The molecule has 1 N–H and O–H groups in total. The molecule has 0 fully saturated rings. The summed E-state index contributed by atoms with van der Waals surface area (Å²) in [6.45, 7) is 0.869. The van der Waals surface area contributed by atoms with Crippen LogP contribution in [0.15, 0.2) is 18.2 Å². The number of aromatic carboxylic acids is 1. The van der Waals surface area contributed by atoms with E-state index in [4.69, 9.17) is 27.4 Å². The summed E-state index contributed by atoms with van der Waals surface area (Å²) in [5, 5.41) is 9.09. The molecule has 0 amide bonds. The van der Waals surface area contributed by atoms with E-state index in [1.165, 1.54) is 12.1 Å². The van der Waals surface area contributed by atoms with Gasteiger partial charge in [0.2, 0.25) is 0 Å². The molecule has 0 radical (unpaired) electrons. The number of hydrogen-bond acceptors (Lipinski definition) is 3. The van der Waals surface area contributed by atoms with Crippen molar-refractivity contribution in [1.82, 2.24) is 0 Å². The Hall–Kier alpha value is -2.59. The van der Waals surface area contributed by atoms with Crippen LogP contribution in [0, 0.1) is 24.7 Å². The van der Waals surface area contributed by atoms with Gasteiger partial charge in [0.1, 0.15) is 11.5 Å². The Morgan fingerprint density at radius 3 is 1.86 bits per heavy atom. The van der Waals surface area contributed by atoms with Crippen molar-refractivity contribution in [3.8, 4) is 36.2 Å². The van der Waals surface area contributed by atoms with E-state index in [9.17, 15) is 4.79 Å². The van der Waals surface area contributed by atoms with Gasteiger partial charge < -0.3 is 14.6 Å². The molecule has 1 rings (SSSR count). The van der Waals surface area contributed by atoms with Gasteiger partial charge in [-0.1, -0.05) is 0 Å². The maximum absolute atomic E-state index is 11.1. The molecule has 0 unspecified atom stereocenters. The van der Waals surface area contributed by atoms with Crippen LogP contribution in [0.4, 0.5) is 0 Å². The van der Waals surface area contributed by atoms with Gasteiger partial charge in [0, 0.05) is 18.9 Å². The second-order valence-corrected chi connectivity index (χ2v) is 4.31. The van der Waals surface area contributed by atoms with Gasteiger partial charge in [-0.25, -0.2) is 4.79 Å². The van der Waals surface area contributed by atoms with E-state index in [1.807, 2.05) is 0 Å². The molecule has 4 nitrogen and oxygen atoms in total. The third kappa shape index (κ3) is 6.40. The molecule has 1 aromatic carbocycles. The molecule has 21 heavy (non-hydrogen) atoms. The predicted octanol–water partition coefficient (Wildman–Crippen LogP) is 2.97. The van der Waals surface area contributed by atoms with Crippen molar-refractivity contribution in [1.29, 1.82) is 0 Å². The number of terminal acetylenes is 2. The summed E-state index contributed by atoms with van der Waals surface area (Å²) in [5.74, 6) is 4.92. The monoisotopic (exact) mass is 286 g/mol. The minimum atomic E-state index is -1.03. The minimum Gasteiger partial charge on any atom is -0.493 e. The van der Waals surface area contributed by atoms with Crippen LogP contribution in [-0.4, -0.2) is 24.3 Å². The Bertz CT molecular complexity index is 509. The third-order valence-corrected chi connectivity index (χ3v) is 2.60. The fourth-order valence-electron chi connectivity index (χ4n) is 1.59. The summed E-state index contributed by atoms with van der Waals surface area (Å²) < 4.78 is 11.0. The molecule has 110 valence electrons. The number of benzene rings is 1. The number of ether oxygens (including phenoxy) is 2. The van der Waals surface area contributed by atoms with Crippen LogP contribution < -0.4 is 9.47 Å². The van der Waals surface area contributed by atoms with Gasteiger partial charge in [0.25, 0.3) is 0 Å². The molecule has 4 heteroatoms. The van der Waals surface area contributed by atoms with Crippen molar-refractivity contribution in [3.63, 3.8) is 0 Å². The van der Waals surface area contributed by atoms with E-state index in [1.54, 1.807) is 6.07 Å². The van der Waals surface area contributed by atoms with E-state index in [2.05, 4.69) is 11.8 Å². The molecule has 1 aromatic rings. The molecule has 0 bridgehead atoms. The van der Waals surface area contributed by atoms with Gasteiger partial charge in [-0.2, -0.15) is 0 Å². The topological polar surface area (TPSA) is 55.8 Å². The van der Waals surface area contributed by atoms with Crippen LogP contribution in [0.25, 0.3) is 0 Å². The second kappa shape index (κ2) is 9.34. The van der Waals surface area contributed by atoms with Crippen molar-refractivity contribution >= 4 is 5.97 Å². The van der Waals surface area contributed by atoms with Crippen molar-refractivity contribution in [3.05, 3.63) is 23.8 Å². The summed E-state index contributed by atoms with van der Waals surface area (Å²) in [4.78, 5) is 11.1. The lowest BCUT2D eigenvalue weighted by Crippen LogP contribution is -2.03. The van der Waals surface area contributed by atoms with Crippen LogP contribution in [0.5, 0.6) is 11.5 Å². The van der Waals surface area contributed by atoms with Gasteiger partial charge in [-0.3, -0.25) is 0 Å². The first-order valence-corrected chi connectivity index (χ1v) is 6.68. The number of rotatable bonds is 9. The Morgan fingerprint density at radius 1 is 1.00 bits per heavy atom. The normalized spacial score (nSPS) is 9.43. The zero-order chi connectivity index (χ0) is 15.5. The molecule has 0 aliphatic rings. The highest BCUT2D eigenvalue weighted by atomic mass is 16.5. The average molecular weight is 286 g/mol. The fraction of sp³-hybridized carbons (Fsp3) is 0.353. The quantitative estimate of drug-likeness (QED) is 0.560. The van der Waals surface area contributed by atoms with E-state index >= 15 is 0 Å². The Balaban J connectivity index is 2.69. The zero-order valence-electron chi connectivity index (χ0n) is 11.8. The molecular formula is C17H18O4. The van der Waals surface area contributed by atoms with Crippen LogP contribution in [-0.2, 0) is 0 Å². The van der Waals surface area contributed by atoms with Crippen molar-refractivity contribution < 1.29 is 19.4 Å². The van der Waals surface area contributed by atoms with Crippen LogP contribution in [0.3, 0.4) is 0 Å². The molecule has 0 aromatic heterocycles. The van der Waals surface area contributed by atoms with Gasteiger partial charge in [0.05, 0.1) is 18.8 Å². The van der Waals surface area contributed by atoms with E-state index < -0.39 is 5.97 Å². The Morgan fingerprint density at radius 2 is 1.48 bits per heavy atom. The molecule has 0 spiro atoms. The highest BCUT2D eigenvalue weighted by Gasteiger charge is 2.09. The summed E-state index contributed by atoms with van der Waals surface area (Å²) in [6, 6.07) is 4.59. The number of carbonyl (C=O) groups is 1. The molecule has 0 heterocycles. The highest BCUT2D eigenvalue weighted by Crippen LogP contribution is 2.23. The number of hydrogen-bond donors (Lipinski definition) is 1. The molecule has 0 saturated carbocycles. The molecule has 0 aliphatic carbocycles. The first-order chi connectivity index (χ1) is 10.2. The van der Waals surface area contributed by atoms with E-state index in [-0.39, 0.29) is 5.56 Å². The van der Waals surface area contributed by atoms with Gasteiger partial charge in [-0.15, -0.1) is 24.7 Å². The Kier molecular flexibility index (Phi) is 7.32. The fourth-order valence-corrected chi connectivity index (χ4v) is 1.59. The first kappa shape index (κ1) is 16.5. The molecule has 0 saturated heterocycles. The number of unbranched alkanes of at least 4 members (excludes halogenated alkanes) is 2. The van der Waals surface area contributed by atoms with Gasteiger partial charge in [-0.05, 0) is 25.0 Å². The van der Waals surface area contributed by atoms with Gasteiger partial charge in [0.15, 0.2) is 0 Å². The van der Waals surface area contributed by atoms with Crippen LogP contribution in [0.2, 0.25) is 0 Å². The van der Waals surface area contributed by atoms with E-state index in [0.717, 1.165) is 0 Å². The lowest BCUT2D eigenvalue weighted by molar-refractivity contribution is 0.0695. The SMILES string of the molecule is C#CCCCOc1cc(OCCCC#C)cc(C(=O)O)c1. The minimum absolute atomic E-state index is 0.122. The first-order valence-electron chi connectivity index (χ1n) is 6.68. The lowest BCUT2D eigenvalue weighted by Gasteiger charge is -2.10. The smallest absolute Gasteiger partial charge is 0.335 e. The molecular weight excluding hydrogens is 268 g/mol. The largest absolute Gasteiger partial charge is 0.493 e. The highest BCUT2D eigenvalue weighted by molar-refractivity contribution is 5.88. The maximum atomic E-state index is 11.1. The molecule has 0 atom stereocenters. The van der Waals surface area contributed by atoms with E-state index in [0.29, 0.717) is 50.4 Å². The third-order valence-electron chi connectivity index (χ3n) is 2.60. The predicted molar refractivity (Wildman–Crippen MR) is 80.5 cm³/mol. The number of carboxylic acid groups (broad SMARTS) is 1. The second-order valence-electron chi connectivity index (χ2n) is 4.31. The standard InChI is InChI=1S/C17H18O4/c1-3-5-7-9-20-15-11-14(17(18)19)12-16(13-15)21-10-8-6-4-2/h1-2,11-13H,5-10H2,(H,18,19).